The van der Waals surface area contributed by atoms with E-state index in [2.05, 4.69) is 0 Å². The van der Waals surface area contributed by atoms with E-state index < -0.39 is 12.1 Å². The molecule has 0 aliphatic heterocycles. The molecule has 2 rings (SSSR count). The maximum absolute atomic E-state index is 13.7. The van der Waals surface area contributed by atoms with Gasteiger partial charge in [-0.3, -0.25) is 0 Å². The van der Waals surface area contributed by atoms with Crippen molar-refractivity contribution < 1.29 is 18.7 Å². The molecule has 0 bridgehead atoms. The van der Waals surface area contributed by atoms with Crippen molar-refractivity contribution in [3.8, 4) is 22.6 Å². The predicted molar refractivity (Wildman–Crippen MR) is 93.0 cm³/mol. The Labute approximate surface area is 142 Å². The molecular formula is C20H23FO3. The number of halogens is 1. The van der Waals surface area contributed by atoms with Crippen LogP contribution >= 0.6 is 0 Å². The van der Waals surface area contributed by atoms with Crippen LogP contribution in [0.15, 0.2) is 48.5 Å². The molecule has 3 nitrogen and oxygen atoms in total. The van der Waals surface area contributed by atoms with Crippen LogP contribution in [0.4, 0.5) is 4.39 Å². The first-order valence-corrected chi connectivity index (χ1v) is 8.18. The van der Waals surface area contributed by atoms with Gasteiger partial charge in [-0.05, 0) is 54.7 Å². The molecule has 1 atom stereocenters. The van der Waals surface area contributed by atoms with Gasteiger partial charge in [0.05, 0.1) is 6.61 Å². The number of carbonyl (C=O) groups excluding carboxylic acids is 1. The Morgan fingerprint density at radius 3 is 1.92 bits per heavy atom. The number of carbonyl (C=O) groups is 1. The third-order valence-corrected chi connectivity index (χ3v) is 3.51. The van der Waals surface area contributed by atoms with Crippen LogP contribution in [0.2, 0.25) is 0 Å². The molecule has 2 aromatic carbocycles. The lowest BCUT2D eigenvalue weighted by Gasteiger charge is -2.11. The second-order valence-electron chi connectivity index (χ2n) is 6.00. The van der Waals surface area contributed by atoms with E-state index in [1.54, 1.807) is 12.1 Å². The zero-order chi connectivity index (χ0) is 17.5. The average molecular weight is 330 g/mol. The Kier molecular flexibility index (Phi) is 6.36. The number of hydrogen-bond donors (Lipinski definition) is 0. The summed E-state index contributed by atoms with van der Waals surface area (Å²) in [5.74, 6) is 0.444. The highest BCUT2D eigenvalue weighted by atomic mass is 19.1. The normalized spacial score (nSPS) is 12.0. The minimum Gasteiger partial charge on any atom is -0.494 e. The average Bonchev–Trinajstić information content (AvgIpc) is 2.56. The van der Waals surface area contributed by atoms with Crippen molar-refractivity contribution in [1.29, 1.82) is 0 Å². The Morgan fingerprint density at radius 1 is 0.958 bits per heavy atom. The lowest BCUT2D eigenvalue weighted by Crippen LogP contribution is -2.23. The van der Waals surface area contributed by atoms with Crippen molar-refractivity contribution in [1.82, 2.24) is 0 Å². The lowest BCUT2D eigenvalue weighted by atomic mass is 10.1. The van der Waals surface area contributed by atoms with Crippen molar-refractivity contribution in [2.24, 2.45) is 5.92 Å². The van der Waals surface area contributed by atoms with Crippen LogP contribution in [0, 0.1) is 5.92 Å². The maximum atomic E-state index is 13.7. The number of hydrogen-bond acceptors (Lipinski definition) is 3. The summed E-state index contributed by atoms with van der Waals surface area (Å²) in [4.78, 5) is 11.7. The molecule has 0 spiro atoms. The van der Waals surface area contributed by atoms with Crippen LogP contribution in [-0.4, -0.2) is 18.7 Å². The molecule has 0 aromatic heterocycles. The second-order valence-corrected chi connectivity index (χ2v) is 6.00. The summed E-state index contributed by atoms with van der Waals surface area (Å²) in [5.41, 5.74) is 2.01. The van der Waals surface area contributed by atoms with Gasteiger partial charge in [0, 0.05) is 0 Å². The van der Waals surface area contributed by atoms with E-state index in [4.69, 9.17) is 9.47 Å². The molecule has 0 saturated carbocycles. The molecule has 0 amide bonds. The summed E-state index contributed by atoms with van der Waals surface area (Å²) in [7, 11) is 0. The summed E-state index contributed by atoms with van der Waals surface area (Å²) in [6, 6.07) is 14.8. The molecule has 0 saturated heterocycles. The first-order chi connectivity index (χ1) is 11.5. The first-order valence-electron chi connectivity index (χ1n) is 8.18. The van der Waals surface area contributed by atoms with Crippen LogP contribution in [0.3, 0.4) is 0 Å². The van der Waals surface area contributed by atoms with Crippen LogP contribution in [0.1, 0.15) is 27.2 Å². The Hall–Kier alpha value is -2.36. The fraction of sp³-hybridized carbons (Fsp3) is 0.350. The molecule has 4 heteroatoms. The zero-order valence-electron chi connectivity index (χ0n) is 14.3. The maximum Gasteiger partial charge on any atom is 0.346 e. The van der Waals surface area contributed by atoms with Crippen LogP contribution < -0.4 is 9.47 Å². The minimum absolute atomic E-state index is 0.106. The van der Waals surface area contributed by atoms with E-state index in [9.17, 15) is 9.18 Å². The molecule has 0 heterocycles. The molecule has 0 fully saturated rings. The zero-order valence-corrected chi connectivity index (χ0v) is 14.3. The second kappa shape index (κ2) is 8.48. The number of esters is 1. The van der Waals surface area contributed by atoms with Crippen molar-refractivity contribution >= 4 is 5.97 Å². The molecular weight excluding hydrogens is 307 g/mol. The molecule has 1 unspecified atom stereocenters. The topological polar surface area (TPSA) is 35.5 Å². The van der Waals surface area contributed by atoms with E-state index in [1.165, 1.54) is 0 Å². The summed E-state index contributed by atoms with van der Waals surface area (Å²) in [5, 5.41) is 0. The quantitative estimate of drug-likeness (QED) is 0.527. The van der Waals surface area contributed by atoms with Gasteiger partial charge in [0.25, 0.3) is 0 Å². The summed E-state index contributed by atoms with van der Waals surface area (Å²) in [6.07, 6.45) is -1.42. The highest BCUT2D eigenvalue weighted by Crippen LogP contribution is 2.25. The highest BCUT2D eigenvalue weighted by molar-refractivity contribution is 5.77. The van der Waals surface area contributed by atoms with Crippen LogP contribution in [0.25, 0.3) is 11.1 Å². The molecule has 0 N–H and O–H groups in total. The highest BCUT2D eigenvalue weighted by Gasteiger charge is 2.20. The monoisotopic (exact) mass is 330 g/mol. The van der Waals surface area contributed by atoms with Crippen LogP contribution in [-0.2, 0) is 4.79 Å². The van der Waals surface area contributed by atoms with E-state index in [1.807, 2.05) is 57.2 Å². The molecule has 0 aliphatic carbocycles. The van der Waals surface area contributed by atoms with Crippen molar-refractivity contribution in [2.45, 2.75) is 33.4 Å². The first kappa shape index (κ1) is 18.0. The largest absolute Gasteiger partial charge is 0.494 e. The van der Waals surface area contributed by atoms with E-state index >= 15 is 0 Å². The lowest BCUT2D eigenvalue weighted by molar-refractivity contribution is -0.140. The van der Waals surface area contributed by atoms with Gasteiger partial charge in [0.1, 0.15) is 11.5 Å². The van der Waals surface area contributed by atoms with Crippen molar-refractivity contribution in [2.75, 3.05) is 6.61 Å². The van der Waals surface area contributed by atoms with E-state index in [-0.39, 0.29) is 12.3 Å². The standard InChI is InChI=1S/C20H23FO3/c1-4-23-17-9-5-15(6-10-17)16-7-11-18(12-8-16)24-20(22)19(21)13-14(2)3/h5-12,14,19H,4,13H2,1-3H3. The third-order valence-electron chi connectivity index (χ3n) is 3.51. The molecule has 0 aliphatic rings. The minimum atomic E-state index is -1.59. The number of ether oxygens (including phenoxy) is 2. The number of alkyl halides is 1. The van der Waals surface area contributed by atoms with Crippen LogP contribution in [0.5, 0.6) is 11.5 Å². The van der Waals surface area contributed by atoms with Gasteiger partial charge in [-0.15, -0.1) is 0 Å². The van der Waals surface area contributed by atoms with Gasteiger partial charge >= 0.3 is 5.97 Å². The Morgan fingerprint density at radius 2 is 1.46 bits per heavy atom. The Balaban J connectivity index is 2.01. The molecule has 128 valence electrons. The SMILES string of the molecule is CCOc1ccc(-c2ccc(OC(=O)C(F)CC(C)C)cc2)cc1. The Bertz CT molecular complexity index is 648. The van der Waals surface area contributed by atoms with Gasteiger partial charge in [0.15, 0.2) is 6.17 Å². The van der Waals surface area contributed by atoms with Gasteiger partial charge < -0.3 is 9.47 Å². The summed E-state index contributed by atoms with van der Waals surface area (Å²) in [6.45, 7) is 6.31. The van der Waals surface area contributed by atoms with Gasteiger partial charge in [-0.2, -0.15) is 0 Å². The predicted octanol–water partition coefficient (Wildman–Crippen LogP) is 5.04. The molecule has 2 aromatic rings. The number of benzene rings is 2. The fourth-order valence-electron chi connectivity index (χ4n) is 2.32. The summed E-state index contributed by atoms with van der Waals surface area (Å²) < 4.78 is 24.2. The fourth-order valence-corrected chi connectivity index (χ4v) is 2.32. The van der Waals surface area contributed by atoms with Crippen molar-refractivity contribution in [3.05, 3.63) is 48.5 Å². The summed E-state index contributed by atoms with van der Waals surface area (Å²) >= 11 is 0. The van der Waals surface area contributed by atoms with E-state index in [0.29, 0.717) is 12.4 Å². The third kappa shape index (κ3) is 5.08. The smallest absolute Gasteiger partial charge is 0.346 e. The van der Waals surface area contributed by atoms with Gasteiger partial charge in [-0.1, -0.05) is 38.1 Å². The van der Waals surface area contributed by atoms with Crippen molar-refractivity contribution in [3.63, 3.8) is 0 Å². The van der Waals surface area contributed by atoms with E-state index in [0.717, 1.165) is 16.9 Å². The van der Waals surface area contributed by atoms with Gasteiger partial charge in [0.2, 0.25) is 0 Å². The molecule has 24 heavy (non-hydrogen) atoms. The number of rotatable bonds is 7. The van der Waals surface area contributed by atoms with Gasteiger partial charge in [-0.25, -0.2) is 9.18 Å². The molecule has 0 radical (unpaired) electrons.